The highest BCUT2D eigenvalue weighted by molar-refractivity contribution is 6.30. The topological polar surface area (TPSA) is 29.5 Å². The molecule has 4 heteroatoms. The molecule has 21 heavy (non-hydrogen) atoms. The van der Waals surface area contributed by atoms with Gasteiger partial charge in [-0.2, -0.15) is 0 Å². The Morgan fingerprint density at radius 2 is 2.10 bits per heavy atom. The smallest absolute Gasteiger partial charge is 0.305 e. The first kappa shape index (κ1) is 18.0. The van der Waals surface area contributed by atoms with Crippen molar-refractivity contribution >= 4 is 17.6 Å². The zero-order valence-corrected chi connectivity index (χ0v) is 14.0. The minimum absolute atomic E-state index is 0.0850. The van der Waals surface area contributed by atoms with Crippen LogP contribution in [-0.4, -0.2) is 31.1 Å². The van der Waals surface area contributed by atoms with E-state index >= 15 is 0 Å². The van der Waals surface area contributed by atoms with Gasteiger partial charge in [-0.25, -0.2) is 0 Å². The normalized spacial score (nSPS) is 12.4. The number of hydrogen-bond acceptors (Lipinski definition) is 3. The van der Waals surface area contributed by atoms with Crippen LogP contribution in [0.15, 0.2) is 24.3 Å². The van der Waals surface area contributed by atoms with Crippen molar-refractivity contribution in [1.82, 2.24) is 4.90 Å². The van der Waals surface area contributed by atoms with Crippen molar-refractivity contribution in [3.05, 3.63) is 34.9 Å². The van der Waals surface area contributed by atoms with E-state index in [4.69, 9.17) is 16.3 Å². The molecule has 0 radical (unpaired) electrons. The summed E-state index contributed by atoms with van der Waals surface area (Å²) in [4.78, 5) is 13.5. The van der Waals surface area contributed by atoms with E-state index < -0.39 is 0 Å². The highest BCUT2D eigenvalue weighted by atomic mass is 35.5. The fraction of sp³-hybridized carbons (Fsp3) is 0.588. The summed E-state index contributed by atoms with van der Waals surface area (Å²) < 4.78 is 4.91. The van der Waals surface area contributed by atoms with Crippen LogP contribution in [0.4, 0.5) is 0 Å². The van der Waals surface area contributed by atoms with Crippen molar-refractivity contribution in [2.75, 3.05) is 20.2 Å². The van der Waals surface area contributed by atoms with Gasteiger partial charge in [0.2, 0.25) is 0 Å². The average Bonchev–Trinajstić information content (AvgIpc) is 2.46. The Kier molecular flexibility index (Phi) is 8.40. The molecule has 0 amide bonds. The Balaban J connectivity index is 2.24. The second kappa shape index (κ2) is 9.80. The van der Waals surface area contributed by atoms with E-state index in [0.717, 1.165) is 30.8 Å². The third kappa shape index (κ3) is 6.96. The van der Waals surface area contributed by atoms with Crippen LogP contribution in [0.5, 0.6) is 0 Å². The molecular formula is C17H26ClNO2. The number of hydrogen-bond donors (Lipinski definition) is 0. The molecule has 0 spiro atoms. The molecule has 0 fully saturated rings. The van der Waals surface area contributed by atoms with E-state index in [0.29, 0.717) is 19.1 Å². The number of carbonyl (C=O) groups excluding carboxylic acids is 1. The molecule has 118 valence electrons. The first-order valence-electron chi connectivity index (χ1n) is 7.66. The van der Waals surface area contributed by atoms with Gasteiger partial charge in [-0.15, -0.1) is 0 Å². The second-order valence-corrected chi connectivity index (χ2v) is 5.76. The maximum atomic E-state index is 11.2. The number of esters is 1. The van der Waals surface area contributed by atoms with E-state index in [1.54, 1.807) is 0 Å². The molecule has 3 nitrogen and oxygen atoms in total. The van der Waals surface area contributed by atoms with Crippen LogP contribution in [-0.2, 0) is 9.53 Å². The van der Waals surface area contributed by atoms with Gasteiger partial charge < -0.3 is 4.74 Å². The number of rotatable bonds is 9. The quantitative estimate of drug-likeness (QED) is 0.498. The predicted octanol–water partition coefficient (Wildman–Crippen LogP) is 4.46. The van der Waals surface area contributed by atoms with Gasteiger partial charge >= 0.3 is 5.97 Å². The molecular weight excluding hydrogens is 286 g/mol. The van der Waals surface area contributed by atoms with E-state index in [9.17, 15) is 4.79 Å². The van der Waals surface area contributed by atoms with Gasteiger partial charge in [-0.1, -0.05) is 30.2 Å². The maximum Gasteiger partial charge on any atom is 0.305 e. The molecule has 0 aliphatic carbocycles. The number of ether oxygens (including phenoxy) is 1. The van der Waals surface area contributed by atoms with Gasteiger partial charge in [0.1, 0.15) is 0 Å². The fourth-order valence-corrected chi connectivity index (χ4v) is 2.45. The zero-order chi connectivity index (χ0) is 15.7. The molecule has 1 aromatic rings. The fourth-order valence-electron chi connectivity index (χ4n) is 2.26. The van der Waals surface area contributed by atoms with E-state index in [-0.39, 0.29) is 5.97 Å². The standard InChI is InChI=1S/C17H26ClNO2/c1-4-21-17(20)11-6-5-7-12-19(3)14(2)15-9-8-10-16(18)13-15/h8-10,13-14H,4-7,11-12H2,1-3H3. The first-order chi connectivity index (χ1) is 10.0. The molecule has 0 saturated carbocycles. The van der Waals surface area contributed by atoms with Gasteiger partial charge in [0.25, 0.3) is 0 Å². The average molecular weight is 312 g/mol. The molecule has 0 heterocycles. The first-order valence-corrected chi connectivity index (χ1v) is 8.03. The van der Waals surface area contributed by atoms with Crippen molar-refractivity contribution in [2.24, 2.45) is 0 Å². The lowest BCUT2D eigenvalue weighted by molar-refractivity contribution is -0.143. The largest absolute Gasteiger partial charge is 0.466 e. The van der Waals surface area contributed by atoms with Crippen molar-refractivity contribution < 1.29 is 9.53 Å². The Labute approximate surface area is 133 Å². The Bertz CT molecular complexity index is 437. The van der Waals surface area contributed by atoms with Gasteiger partial charge in [-0.3, -0.25) is 9.69 Å². The third-order valence-corrected chi connectivity index (χ3v) is 3.92. The van der Waals surface area contributed by atoms with Crippen molar-refractivity contribution in [1.29, 1.82) is 0 Å². The molecule has 1 rings (SSSR count). The zero-order valence-electron chi connectivity index (χ0n) is 13.3. The highest BCUT2D eigenvalue weighted by Crippen LogP contribution is 2.22. The van der Waals surface area contributed by atoms with Crippen LogP contribution >= 0.6 is 11.6 Å². The Morgan fingerprint density at radius 1 is 1.33 bits per heavy atom. The molecule has 1 unspecified atom stereocenters. The monoisotopic (exact) mass is 311 g/mol. The Morgan fingerprint density at radius 3 is 2.76 bits per heavy atom. The second-order valence-electron chi connectivity index (χ2n) is 5.33. The minimum atomic E-state index is -0.0850. The predicted molar refractivity (Wildman–Crippen MR) is 87.6 cm³/mol. The molecule has 1 atom stereocenters. The molecule has 0 aromatic heterocycles. The number of halogens is 1. The Hall–Kier alpha value is -1.06. The summed E-state index contributed by atoms with van der Waals surface area (Å²) in [5.41, 5.74) is 1.23. The van der Waals surface area contributed by atoms with E-state index in [1.807, 2.05) is 25.1 Å². The number of unbranched alkanes of at least 4 members (excludes halogenated alkanes) is 2. The SMILES string of the molecule is CCOC(=O)CCCCCN(C)C(C)c1cccc(Cl)c1. The summed E-state index contributed by atoms with van der Waals surface area (Å²) >= 11 is 6.03. The molecule has 0 aliphatic heterocycles. The third-order valence-electron chi connectivity index (χ3n) is 3.69. The summed E-state index contributed by atoms with van der Waals surface area (Å²) in [6, 6.07) is 8.35. The summed E-state index contributed by atoms with van der Waals surface area (Å²) in [5.74, 6) is -0.0850. The summed E-state index contributed by atoms with van der Waals surface area (Å²) in [6.45, 7) is 5.50. The summed E-state index contributed by atoms with van der Waals surface area (Å²) in [6.07, 6.45) is 3.56. The van der Waals surface area contributed by atoms with Crippen LogP contribution in [0, 0.1) is 0 Å². The molecule has 0 N–H and O–H groups in total. The number of benzene rings is 1. The van der Waals surface area contributed by atoms with Crippen LogP contribution in [0.2, 0.25) is 5.02 Å². The van der Waals surface area contributed by atoms with E-state index in [1.165, 1.54) is 5.56 Å². The van der Waals surface area contributed by atoms with Crippen LogP contribution in [0.25, 0.3) is 0 Å². The highest BCUT2D eigenvalue weighted by Gasteiger charge is 2.11. The number of nitrogens with zero attached hydrogens (tertiary/aromatic N) is 1. The van der Waals surface area contributed by atoms with Crippen LogP contribution < -0.4 is 0 Å². The lowest BCUT2D eigenvalue weighted by atomic mass is 10.1. The molecule has 1 aromatic carbocycles. The molecule has 0 aliphatic rings. The molecule has 0 bridgehead atoms. The van der Waals surface area contributed by atoms with Crippen molar-refractivity contribution in [3.63, 3.8) is 0 Å². The van der Waals surface area contributed by atoms with E-state index in [2.05, 4.69) is 24.9 Å². The van der Waals surface area contributed by atoms with Gasteiger partial charge in [0.05, 0.1) is 6.61 Å². The number of carbonyl (C=O) groups is 1. The summed E-state index contributed by atoms with van der Waals surface area (Å²) in [7, 11) is 2.12. The van der Waals surface area contributed by atoms with Gasteiger partial charge in [0, 0.05) is 17.5 Å². The van der Waals surface area contributed by atoms with Gasteiger partial charge in [0.15, 0.2) is 0 Å². The molecule has 0 saturated heterocycles. The van der Waals surface area contributed by atoms with Crippen molar-refractivity contribution in [2.45, 2.75) is 45.6 Å². The van der Waals surface area contributed by atoms with Crippen LogP contribution in [0.1, 0.15) is 51.1 Å². The van der Waals surface area contributed by atoms with Crippen LogP contribution in [0.3, 0.4) is 0 Å². The van der Waals surface area contributed by atoms with Crippen molar-refractivity contribution in [3.8, 4) is 0 Å². The maximum absolute atomic E-state index is 11.2. The lowest BCUT2D eigenvalue weighted by Gasteiger charge is -2.25. The minimum Gasteiger partial charge on any atom is -0.466 e. The van der Waals surface area contributed by atoms with Gasteiger partial charge in [-0.05, 0) is 58.0 Å². The lowest BCUT2D eigenvalue weighted by Crippen LogP contribution is -2.23. The summed E-state index contributed by atoms with van der Waals surface area (Å²) in [5, 5.41) is 0.780.